The lowest BCUT2D eigenvalue weighted by Gasteiger charge is -2.64. The van der Waals surface area contributed by atoms with E-state index in [1.165, 1.54) is 7.11 Å². The normalized spacial score (nSPS) is 52.7. The van der Waals surface area contributed by atoms with Crippen molar-refractivity contribution >= 4 is 5.97 Å². The van der Waals surface area contributed by atoms with E-state index in [4.69, 9.17) is 42.6 Å². The molecule has 4 N–H and O–H groups in total. The largest absolute Gasteiger partial charge is 0.469 e. The summed E-state index contributed by atoms with van der Waals surface area (Å²) in [4.78, 5) is 12.8. The molecule has 4 heterocycles. The van der Waals surface area contributed by atoms with Crippen LogP contribution in [0.3, 0.4) is 0 Å². The van der Waals surface area contributed by atoms with Gasteiger partial charge in [0, 0.05) is 30.2 Å². The van der Waals surface area contributed by atoms with Crippen molar-refractivity contribution in [3.63, 3.8) is 0 Å². The van der Waals surface area contributed by atoms with Gasteiger partial charge in [-0.05, 0) is 95.3 Å². The Kier molecular flexibility index (Phi) is 12.1. The van der Waals surface area contributed by atoms with E-state index in [9.17, 15) is 25.2 Å². The number of rotatable bonds is 8. The molecule has 8 fully saturated rings. The molecule has 0 aromatic heterocycles. The molecule has 4 aliphatic carbocycles. The van der Waals surface area contributed by atoms with Crippen molar-refractivity contribution in [2.45, 2.75) is 203 Å². The molecule has 4 aliphatic heterocycles. The first-order valence-corrected chi connectivity index (χ1v) is 22.8. The molecule has 9 rings (SSSR count). The van der Waals surface area contributed by atoms with Crippen LogP contribution in [0.2, 0.25) is 0 Å². The van der Waals surface area contributed by atoms with E-state index in [0.29, 0.717) is 31.6 Å². The molecule has 336 valence electrons. The summed E-state index contributed by atoms with van der Waals surface area (Å²) in [7, 11) is 1.38. The summed E-state index contributed by atoms with van der Waals surface area (Å²) in [6.45, 7) is 9.88. The molecular formula is C46H68O14. The average molecular weight is 845 g/mol. The molecule has 8 aliphatic rings. The van der Waals surface area contributed by atoms with Gasteiger partial charge in [-0.3, -0.25) is 4.79 Å². The molecule has 14 heteroatoms. The van der Waals surface area contributed by atoms with Gasteiger partial charge < -0.3 is 63.1 Å². The lowest BCUT2D eigenvalue weighted by Crippen LogP contribution is -2.67. The number of methoxy groups -OCH3 is 1. The Morgan fingerprint density at radius 3 is 1.98 bits per heavy atom. The molecule has 60 heavy (non-hydrogen) atoms. The molecule has 14 nitrogen and oxygen atoms in total. The first-order valence-electron chi connectivity index (χ1n) is 22.8. The van der Waals surface area contributed by atoms with Gasteiger partial charge in [0.15, 0.2) is 25.2 Å². The Labute approximate surface area is 353 Å². The van der Waals surface area contributed by atoms with Crippen LogP contribution in [0.25, 0.3) is 0 Å². The maximum atomic E-state index is 12.8. The lowest BCUT2D eigenvalue weighted by molar-refractivity contribution is -0.334. The fourth-order valence-electron chi connectivity index (χ4n) is 13.5. The van der Waals surface area contributed by atoms with E-state index in [1.807, 2.05) is 58.0 Å². The van der Waals surface area contributed by atoms with Crippen molar-refractivity contribution in [2.75, 3.05) is 7.11 Å². The van der Waals surface area contributed by atoms with Crippen LogP contribution in [0.5, 0.6) is 0 Å². The molecule has 4 unspecified atom stereocenters. The van der Waals surface area contributed by atoms with Crippen LogP contribution in [0.15, 0.2) is 30.3 Å². The Morgan fingerprint density at radius 1 is 0.700 bits per heavy atom. The standard InChI is InChI=1S/C46H68O14/c1-23-39(58-37-21-33(48)40(24(2)54-37)59-38-22-34-41(25(3)55-38)60-43(57-34)26-10-8-7-9-11-26)32(47)20-36(53-23)56-28-14-16-44(4)27(18-28)12-13-29-31(44)19-35(49)45(5)30(42(50)52-6)15-17-46(29,45)51/h7-11,23-25,27-41,43,47-49,51H,12-22H2,1-6H3/t23-,24-,25-,27-,28+,29-,30-,31+,32+,33+,34+,35-,36?,37?,38?,39-,40-,41-,43?,44+,45+,46+/m1/s1. The van der Waals surface area contributed by atoms with Crippen LogP contribution in [-0.2, 0) is 47.4 Å². The van der Waals surface area contributed by atoms with Crippen LogP contribution >= 0.6 is 0 Å². The summed E-state index contributed by atoms with van der Waals surface area (Å²) in [6, 6.07) is 9.83. The monoisotopic (exact) mass is 844 g/mol. The third-order valence-corrected chi connectivity index (χ3v) is 16.9. The highest BCUT2D eigenvalue weighted by Gasteiger charge is 2.72. The number of carbonyl (C=O) groups excluding carboxylic acids is 1. The van der Waals surface area contributed by atoms with Crippen molar-refractivity contribution in [3.8, 4) is 0 Å². The molecule has 4 saturated carbocycles. The van der Waals surface area contributed by atoms with E-state index in [0.717, 1.165) is 37.7 Å². The SMILES string of the molecule is COC(=O)[C@H]1CC[C@]2(O)[C@@H]3CC[C@@H]4C[C@@H](OC5C[C@H](O)[C@H](OC6C[C@H](O)[C@H](OC7C[C@@H]8OC(c9ccccc9)O[C@@H]8[C@@H](C)O7)[C@@H](C)O6)[C@@H](C)O5)CC[C@]4(C)[C@H]3C[C@@H](O)[C@]12C. The summed E-state index contributed by atoms with van der Waals surface area (Å²) in [5, 5.41) is 46.8. The number of hydrogen-bond acceptors (Lipinski definition) is 14. The topological polar surface area (TPSA) is 181 Å². The van der Waals surface area contributed by atoms with E-state index >= 15 is 0 Å². The minimum absolute atomic E-state index is 0.0124. The second-order valence-corrected chi connectivity index (χ2v) is 20.0. The second kappa shape index (κ2) is 16.6. The van der Waals surface area contributed by atoms with E-state index in [2.05, 4.69) is 6.92 Å². The maximum absolute atomic E-state index is 12.8. The van der Waals surface area contributed by atoms with Crippen LogP contribution in [0.1, 0.15) is 117 Å². The van der Waals surface area contributed by atoms with E-state index < -0.39 is 84.8 Å². The molecule has 22 atom stereocenters. The van der Waals surface area contributed by atoms with E-state index in [-0.39, 0.29) is 60.5 Å². The number of carbonyl (C=O) groups is 1. The van der Waals surface area contributed by atoms with Crippen molar-refractivity contribution in [3.05, 3.63) is 35.9 Å². The fraction of sp³-hybridized carbons (Fsp3) is 0.848. The smallest absolute Gasteiger partial charge is 0.309 e. The molecular weight excluding hydrogens is 776 g/mol. The van der Waals surface area contributed by atoms with Crippen LogP contribution in [0.4, 0.5) is 0 Å². The van der Waals surface area contributed by atoms with Gasteiger partial charge in [0.05, 0.1) is 67.5 Å². The Balaban J connectivity index is 0.751. The Hall–Kier alpha value is -1.79. The van der Waals surface area contributed by atoms with Crippen molar-refractivity contribution in [1.82, 2.24) is 0 Å². The van der Waals surface area contributed by atoms with Crippen LogP contribution in [0, 0.1) is 34.5 Å². The quantitative estimate of drug-likeness (QED) is 0.210. The van der Waals surface area contributed by atoms with Gasteiger partial charge in [-0.1, -0.05) is 44.2 Å². The molecule has 0 radical (unpaired) electrons. The van der Waals surface area contributed by atoms with Crippen LogP contribution < -0.4 is 0 Å². The van der Waals surface area contributed by atoms with Gasteiger partial charge in [0.25, 0.3) is 0 Å². The fourth-order valence-corrected chi connectivity index (χ4v) is 13.5. The average Bonchev–Trinajstić information content (AvgIpc) is 3.78. The zero-order valence-electron chi connectivity index (χ0n) is 36.0. The van der Waals surface area contributed by atoms with Gasteiger partial charge in [-0.2, -0.15) is 0 Å². The minimum Gasteiger partial charge on any atom is -0.469 e. The van der Waals surface area contributed by atoms with Crippen molar-refractivity contribution < 1.29 is 67.9 Å². The molecule has 0 spiro atoms. The minimum atomic E-state index is -1.12. The summed E-state index contributed by atoms with van der Waals surface area (Å²) in [6.07, 6.45) is -1.36. The van der Waals surface area contributed by atoms with Crippen molar-refractivity contribution in [2.24, 2.45) is 34.5 Å². The number of aliphatic hydroxyl groups is 4. The summed E-state index contributed by atoms with van der Waals surface area (Å²) in [5.41, 5.74) is -1.17. The second-order valence-electron chi connectivity index (χ2n) is 20.0. The molecule has 4 saturated heterocycles. The molecule has 1 aromatic rings. The predicted molar refractivity (Wildman–Crippen MR) is 213 cm³/mol. The summed E-state index contributed by atoms with van der Waals surface area (Å²) in [5.74, 6) is -0.350. The van der Waals surface area contributed by atoms with Gasteiger partial charge >= 0.3 is 5.97 Å². The molecule has 0 bridgehead atoms. The Morgan fingerprint density at radius 2 is 1.33 bits per heavy atom. The van der Waals surface area contributed by atoms with Gasteiger partial charge in [0.1, 0.15) is 18.3 Å². The highest BCUT2D eigenvalue weighted by molar-refractivity contribution is 5.74. The number of benzene rings is 1. The third-order valence-electron chi connectivity index (χ3n) is 16.9. The zero-order chi connectivity index (χ0) is 42.3. The molecule has 0 amide bonds. The summed E-state index contributed by atoms with van der Waals surface area (Å²) >= 11 is 0. The Bertz CT molecular complexity index is 1640. The number of esters is 1. The highest BCUT2D eigenvalue weighted by Crippen LogP contribution is 2.69. The number of aliphatic hydroxyl groups excluding tert-OH is 3. The van der Waals surface area contributed by atoms with E-state index in [1.54, 1.807) is 0 Å². The molecule has 1 aromatic carbocycles. The number of fused-ring (bicyclic) bond motifs is 6. The third kappa shape index (κ3) is 7.40. The highest BCUT2D eigenvalue weighted by atomic mass is 16.8. The lowest BCUT2D eigenvalue weighted by atomic mass is 9.42. The van der Waals surface area contributed by atoms with Gasteiger partial charge in [0.2, 0.25) is 0 Å². The van der Waals surface area contributed by atoms with Crippen LogP contribution in [-0.4, -0.2) is 125 Å². The zero-order valence-corrected chi connectivity index (χ0v) is 36.0. The first-order chi connectivity index (χ1) is 28.6. The number of ether oxygens (including phenoxy) is 9. The maximum Gasteiger partial charge on any atom is 0.309 e. The van der Waals surface area contributed by atoms with Gasteiger partial charge in [-0.25, -0.2) is 0 Å². The summed E-state index contributed by atoms with van der Waals surface area (Å²) < 4.78 is 55.6. The predicted octanol–water partition coefficient (Wildman–Crippen LogP) is 4.67. The first kappa shape index (κ1) is 43.5. The van der Waals surface area contributed by atoms with Crippen molar-refractivity contribution in [1.29, 1.82) is 0 Å². The number of hydrogen-bond donors (Lipinski definition) is 4. The van der Waals surface area contributed by atoms with Gasteiger partial charge in [-0.15, -0.1) is 0 Å².